The fourth-order valence-corrected chi connectivity index (χ4v) is 1.93. The number of carbonyl (C=O) groups is 2. The van der Waals surface area contributed by atoms with Crippen molar-refractivity contribution in [2.24, 2.45) is 5.92 Å². The molecule has 7 heteroatoms. The van der Waals surface area contributed by atoms with Gasteiger partial charge in [-0.25, -0.2) is 9.59 Å². The molecule has 0 aliphatic heterocycles. The van der Waals surface area contributed by atoms with Crippen molar-refractivity contribution < 1.29 is 14.7 Å². The molecule has 0 fully saturated rings. The molecule has 0 bridgehead atoms. The fraction of sp³-hybridized carbons (Fsp3) is 0.750. The van der Waals surface area contributed by atoms with E-state index in [2.05, 4.69) is 11.4 Å². The highest BCUT2D eigenvalue weighted by Gasteiger charge is 2.22. The van der Waals surface area contributed by atoms with Gasteiger partial charge in [0.2, 0.25) is 0 Å². The number of urea groups is 1. The van der Waals surface area contributed by atoms with Crippen LogP contribution < -0.4 is 5.32 Å². The van der Waals surface area contributed by atoms with Crippen LogP contribution >= 0.6 is 11.8 Å². The molecule has 0 aromatic rings. The van der Waals surface area contributed by atoms with E-state index in [1.807, 2.05) is 6.26 Å². The summed E-state index contributed by atoms with van der Waals surface area (Å²) in [5, 5.41) is 20.3. The highest BCUT2D eigenvalue weighted by atomic mass is 32.2. The lowest BCUT2D eigenvalue weighted by atomic mass is 10.2. The molecule has 2 unspecified atom stereocenters. The molecule has 2 amide bonds. The van der Waals surface area contributed by atoms with E-state index in [9.17, 15) is 9.59 Å². The molecule has 108 valence electrons. The zero-order valence-corrected chi connectivity index (χ0v) is 12.4. The number of nitrogens with zero attached hydrogens (tertiary/aromatic N) is 2. The first kappa shape index (κ1) is 17.6. The van der Waals surface area contributed by atoms with Crippen molar-refractivity contribution in [3.05, 3.63) is 0 Å². The summed E-state index contributed by atoms with van der Waals surface area (Å²) in [5.74, 6) is -0.648. The van der Waals surface area contributed by atoms with Crippen LogP contribution in [0.4, 0.5) is 4.79 Å². The maximum Gasteiger partial charge on any atom is 0.326 e. The number of hydrogen-bond donors (Lipinski definition) is 2. The molecule has 0 radical (unpaired) electrons. The molecule has 2 N–H and O–H groups in total. The third kappa shape index (κ3) is 6.91. The smallest absolute Gasteiger partial charge is 0.326 e. The SMILES string of the molecule is CCN(CC(C)C#N)C(=O)NC(CCSC)C(=O)O. The monoisotopic (exact) mass is 287 g/mol. The summed E-state index contributed by atoms with van der Waals surface area (Å²) in [6.45, 7) is 4.25. The number of rotatable bonds is 8. The number of carbonyl (C=O) groups excluding carboxylic acids is 1. The highest BCUT2D eigenvalue weighted by Crippen LogP contribution is 2.04. The molecule has 0 aliphatic rings. The van der Waals surface area contributed by atoms with Crippen LogP contribution in [0.25, 0.3) is 0 Å². The first-order valence-electron chi connectivity index (χ1n) is 6.13. The molecule has 0 heterocycles. The number of amides is 2. The lowest BCUT2D eigenvalue weighted by Gasteiger charge is -2.24. The van der Waals surface area contributed by atoms with Gasteiger partial charge in [0.05, 0.1) is 12.0 Å². The van der Waals surface area contributed by atoms with E-state index in [-0.39, 0.29) is 5.92 Å². The van der Waals surface area contributed by atoms with Crippen molar-refractivity contribution >= 4 is 23.8 Å². The van der Waals surface area contributed by atoms with E-state index in [1.54, 1.807) is 13.8 Å². The van der Waals surface area contributed by atoms with E-state index < -0.39 is 18.0 Å². The Bertz CT molecular complexity index is 344. The average Bonchev–Trinajstić information content (AvgIpc) is 2.39. The Hall–Kier alpha value is -1.42. The van der Waals surface area contributed by atoms with E-state index >= 15 is 0 Å². The Morgan fingerprint density at radius 2 is 2.16 bits per heavy atom. The zero-order valence-electron chi connectivity index (χ0n) is 11.5. The van der Waals surface area contributed by atoms with Gasteiger partial charge in [0.15, 0.2) is 0 Å². The highest BCUT2D eigenvalue weighted by molar-refractivity contribution is 7.98. The average molecular weight is 287 g/mol. The second-order valence-corrected chi connectivity index (χ2v) is 5.18. The lowest BCUT2D eigenvalue weighted by molar-refractivity contribution is -0.139. The number of hydrogen-bond acceptors (Lipinski definition) is 4. The molecule has 0 aromatic heterocycles. The van der Waals surface area contributed by atoms with Gasteiger partial charge in [-0.1, -0.05) is 0 Å². The van der Waals surface area contributed by atoms with Crippen molar-refractivity contribution in [3.63, 3.8) is 0 Å². The standard InChI is InChI=1S/C12H21N3O3S/c1-4-15(8-9(2)7-13)12(18)14-10(11(16)17)5-6-19-3/h9-10H,4-6,8H2,1-3H3,(H,14,18)(H,16,17). The van der Waals surface area contributed by atoms with Gasteiger partial charge in [0.25, 0.3) is 0 Å². The molecule has 0 saturated heterocycles. The van der Waals surface area contributed by atoms with Gasteiger partial charge in [-0.15, -0.1) is 0 Å². The number of nitriles is 1. The summed E-state index contributed by atoms with van der Waals surface area (Å²) in [5.41, 5.74) is 0. The molecule has 19 heavy (non-hydrogen) atoms. The molecular formula is C12H21N3O3S. The number of aliphatic carboxylic acids is 1. The predicted octanol–water partition coefficient (Wildman–Crippen LogP) is 1.38. The van der Waals surface area contributed by atoms with Crippen molar-refractivity contribution in [2.75, 3.05) is 25.1 Å². The van der Waals surface area contributed by atoms with Crippen LogP contribution in [0.5, 0.6) is 0 Å². The predicted molar refractivity (Wildman–Crippen MR) is 75.0 cm³/mol. The van der Waals surface area contributed by atoms with Crippen molar-refractivity contribution in [1.29, 1.82) is 5.26 Å². The largest absolute Gasteiger partial charge is 0.480 e. The van der Waals surface area contributed by atoms with Crippen molar-refractivity contribution in [2.45, 2.75) is 26.3 Å². The second-order valence-electron chi connectivity index (χ2n) is 4.19. The van der Waals surface area contributed by atoms with E-state index in [1.165, 1.54) is 16.7 Å². The van der Waals surface area contributed by atoms with Gasteiger partial charge in [0, 0.05) is 13.1 Å². The van der Waals surface area contributed by atoms with Crippen LogP contribution in [0, 0.1) is 17.2 Å². The zero-order chi connectivity index (χ0) is 14.8. The number of nitrogens with one attached hydrogen (secondary N) is 1. The molecule has 0 saturated carbocycles. The molecule has 0 aliphatic carbocycles. The van der Waals surface area contributed by atoms with Crippen LogP contribution in [-0.4, -0.2) is 53.1 Å². The fourth-order valence-electron chi connectivity index (χ4n) is 1.46. The maximum absolute atomic E-state index is 11.9. The minimum atomic E-state index is -1.04. The quantitative estimate of drug-likeness (QED) is 0.703. The summed E-state index contributed by atoms with van der Waals surface area (Å²) in [6, 6.07) is 0.738. The third-order valence-corrected chi connectivity index (χ3v) is 3.23. The number of carboxylic acid groups (broad SMARTS) is 1. The molecule has 0 aromatic carbocycles. The molecule has 2 atom stereocenters. The van der Waals surface area contributed by atoms with Gasteiger partial charge in [-0.3, -0.25) is 0 Å². The van der Waals surface area contributed by atoms with E-state index in [4.69, 9.17) is 10.4 Å². The maximum atomic E-state index is 11.9. The first-order chi connectivity index (χ1) is 8.96. The Balaban J connectivity index is 4.51. The molecule has 0 spiro atoms. The Morgan fingerprint density at radius 3 is 2.58 bits per heavy atom. The Kier molecular flexibility index (Phi) is 8.79. The molecule has 0 rings (SSSR count). The molecule has 6 nitrogen and oxygen atoms in total. The second kappa shape index (κ2) is 9.50. The Morgan fingerprint density at radius 1 is 1.53 bits per heavy atom. The topological polar surface area (TPSA) is 93.4 Å². The number of carboxylic acids is 1. The van der Waals surface area contributed by atoms with Gasteiger partial charge in [0.1, 0.15) is 6.04 Å². The minimum Gasteiger partial charge on any atom is -0.480 e. The summed E-state index contributed by atoms with van der Waals surface area (Å²) in [4.78, 5) is 24.4. The van der Waals surface area contributed by atoms with Crippen LogP contribution in [0.1, 0.15) is 20.3 Å². The van der Waals surface area contributed by atoms with E-state index in [0.29, 0.717) is 25.3 Å². The van der Waals surface area contributed by atoms with Gasteiger partial charge >= 0.3 is 12.0 Å². The summed E-state index contributed by atoms with van der Waals surface area (Å²) in [7, 11) is 0. The van der Waals surface area contributed by atoms with Gasteiger partial charge in [-0.2, -0.15) is 17.0 Å². The van der Waals surface area contributed by atoms with Crippen LogP contribution in [0.15, 0.2) is 0 Å². The summed E-state index contributed by atoms with van der Waals surface area (Å²) < 4.78 is 0. The third-order valence-electron chi connectivity index (χ3n) is 2.59. The van der Waals surface area contributed by atoms with Crippen LogP contribution in [-0.2, 0) is 4.79 Å². The summed E-state index contributed by atoms with van der Waals surface area (Å²) >= 11 is 1.53. The minimum absolute atomic E-state index is 0.278. The van der Waals surface area contributed by atoms with Crippen LogP contribution in [0.3, 0.4) is 0 Å². The summed E-state index contributed by atoms with van der Waals surface area (Å²) in [6.07, 6.45) is 2.27. The first-order valence-corrected chi connectivity index (χ1v) is 7.52. The van der Waals surface area contributed by atoms with E-state index in [0.717, 1.165) is 0 Å². The molecular weight excluding hydrogens is 266 g/mol. The Labute approximate surface area is 118 Å². The van der Waals surface area contributed by atoms with Crippen LogP contribution in [0.2, 0.25) is 0 Å². The lowest BCUT2D eigenvalue weighted by Crippen LogP contribution is -2.49. The van der Waals surface area contributed by atoms with Crippen molar-refractivity contribution in [3.8, 4) is 6.07 Å². The normalized spacial score (nSPS) is 13.2. The van der Waals surface area contributed by atoms with Gasteiger partial charge < -0.3 is 15.3 Å². The number of thioether (sulfide) groups is 1. The van der Waals surface area contributed by atoms with Gasteiger partial charge in [-0.05, 0) is 32.3 Å². The van der Waals surface area contributed by atoms with Crippen molar-refractivity contribution in [1.82, 2.24) is 10.2 Å².